The lowest BCUT2D eigenvalue weighted by molar-refractivity contribution is -0.139. The fourth-order valence-corrected chi connectivity index (χ4v) is 5.31. The number of aliphatic imine (C=N–C) groups is 1. The largest absolute Gasteiger partial charge is 0.463 e. The van der Waals surface area contributed by atoms with Crippen LogP contribution in [-0.2, 0) is 19.1 Å². The molecule has 1 amide bonds. The lowest BCUT2D eigenvalue weighted by Crippen LogP contribution is -2.42. The number of carbonyl (C=O) groups excluding carboxylic acids is 2. The van der Waals surface area contributed by atoms with Gasteiger partial charge in [0.25, 0.3) is 0 Å². The average Bonchev–Trinajstić information content (AvgIpc) is 3.15. The van der Waals surface area contributed by atoms with Gasteiger partial charge in [0.2, 0.25) is 5.91 Å². The maximum absolute atomic E-state index is 13.0. The lowest BCUT2D eigenvalue weighted by atomic mass is 9.90. The molecule has 0 aromatic heterocycles. The lowest BCUT2D eigenvalue weighted by Gasteiger charge is -2.37. The number of ether oxygens (including phenoxy) is 2. The molecule has 4 rings (SSSR count). The zero-order valence-corrected chi connectivity index (χ0v) is 19.8. The van der Waals surface area contributed by atoms with Crippen LogP contribution in [0.1, 0.15) is 43.0 Å². The zero-order valence-electron chi connectivity index (χ0n) is 19.0. The van der Waals surface area contributed by atoms with Crippen molar-refractivity contribution >= 4 is 28.8 Å². The van der Waals surface area contributed by atoms with Gasteiger partial charge in [0.05, 0.1) is 43.6 Å². The average molecular weight is 456 g/mol. The van der Waals surface area contributed by atoms with E-state index in [2.05, 4.69) is 32.0 Å². The zero-order chi connectivity index (χ0) is 22.8. The molecule has 32 heavy (non-hydrogen) atoms. The van der Waals surface area contributed by atoms with Crippen molar-refractivity contribution in [3.63, 3.8) is 0 Å². The Balaban J connectivity index is 1.72. The molecule has 3 aliphatic rings. The van der Waals surface area contributed by atoms with Crippen LogP contribution in [0.25, 0.3) is 0 Å². The molecular formula is C24H29N3O4S. The van der Waals surface area contributed by atoms with Crippen LogP contribution < -0.4 is 0 Å². The van der Waals surface area contributed by atoms with Crippen molar-refractivity contribution in [2.45, 2.75) is 40.2 Å². The first-order valence-corrected chi connectivity index (χ1v) is 11.8. The van der Waals surface area contributed by atoms with Gasteiger partial charge in [-0.15, -0.1) is 0 Å². The number of rotatable bonds is 5. The van der Waals surface area contributed by atoms with Crippen molar-refractivity contribution in [3.05, 3.63) is 57.3 Å². The molecule has 0 bridgehead atoms. The van der Waals surface area contributed by atoms with E-state index >= 15 is 0 Å². The highest BCUT2D eigenvalue weighted by atomic mass is 32.2. The van der Waals surface area contributed by atoms with Crippen LogP contribution in [0.5, 0.6) is 0 Å². The van der Waals surface area contributed by atoms with E-state index in [1.807, 2.05) is 22.1 Å². The maximum Gasteiger partial charge on any atom is 0.338 e. The van der Waals surface area contributed by atoms with E-state index in [1.54, 1.807) is 6.92 Å². The Labute approximate surface area is 193 Å². The summed E-state index contributed by atoms with van der Waals surface area (Å²) in [4.78, 5) is 34.7. The normalized spacial score (nSPS) is 20.7. The molecule has 0 spiro atoms. The van der Waals surface area contributed by atoms with E-state index in [0.717, 1.165) is 27.6 Å². The second-order valence-electron chi connectivity index (χ2n) is 8.14. The topological polar surface area (TPSA) is 71.4 Å². The van der Waals surface area contributed by atoms with Crippen molar-refractivity contribution in [2.75, 3.05) is 32.9 Å². The van der Waals surface area contributed by atoms with Gasteiger partial charge in [0, 0.05) is 18.8 Å². The van der Waals surface area contributed by atoms with Gasteiger partial charge in [-0.2, -0.15) is 0 Å². The van der Waals surface area contributed by atoms with Crippen LogP contribution >= 0.6 is 11.8 Å². The third kappa shape index (κ3) is 4.34. The van der Waals surface area contributed by atoms with Crippen molar-refractivity contribution in [1.29, 1.82) is 0 Å². The number of carbonyl (C=O) groups is 2. The highest BCUT2D eigenvalue weighted by Gasteiger charge is 2.42. The third-order valence-corrected chi connectivity index (χ3v) is 6.80. The summed E-state index contributed by atoms with van der Waals surface area (Å²) >= 11 is 1.49. The van der Waals surface area contributed by atoms with Gasteiger partial charge in [-0.05, 0) is 44.2 Å². The molecule has 8 heteroatoms. The Kier molecular flexibility index (Phi) is 6.71. The smallest absolute Gasteiger partial charge is 0.338 e. The predicted molar refractivity (Wildman–Crippen MR) is 125 cm³/mol. The molecule has 170 valence electrons. The van der Waals surface area contributed by atoms with Gasteiger partial charge >= 0.3 is 5.97 Å². The summed E-state index contributed by atoms with van der Waals surface area (Å²) in [6, 6.07) is 5.84. The maximum atomic E-state index is 13.0. The Bertz CT molecular complexity index is 1020. The second kappa shape index (κ2) is 9.50. The van der Waals surface area contributed by atoms with Crippen LogP contribution in [0, 0.1) is 13.8 Å². The molecule has 0 aliphatic carbocycles. The van der Waals surface area contributed by atoms with Gasteiger partial charge in [-0.1, -0.05) is 35.5 Å². The molecular weight excluding hydrogens is 426 g/mol. The van der Waals surface area contributed by atoms with E-state index < -0.39 is 0 Å². The number of thioether (sulfide) groups is 1. The van der Waals surface area contributed by atoms with Crippen LogP contribution in [0.2, 0.25) is 0 Å². The highest BCUT2D eigenvalue weighted by Crippen LogP contribution is 2.45. The predicted octanol–water partition coefficient (Wildman–Crippen LogP) is 3.69. The first-order valence-electron chi connectivity index (χ1n) is 10.9. The monoisotopic (exact) mass is 455 g/mol. The molecule has 0 saturated carbocycles. The Hall–Kier alpha value is -2.58. The summed E-state index contributed by atoms with van der Waals surface area (Å²) in [6.45, 7) is 10.4. The Morgan fingerprint density at radius 1 is 1.22 bits per heavy atom. The van der Waals surface area contributed by atoms with E-state index in [-0.39, 0.29) is 24.3 Å². The quantitative estimate of drug-likeness (QED) is 0.631. The minimum Gasteiger partial charge on any atom is -0.463 e. The van der Waals surface area contributed by atoms with Crippen molar-refractivity contribution in [3.8, 4) is 0 Å². The molecule has 1 atom stereocenters. The minimum atomic E-state index is -0.388. The summed E-state index contributed by atoms with van der Waals surface area (Å²) < 4.78 is 10.8. The SMILES string of the molecule is CCOC(=O)C1=C(C)N=C2SC=C(CC(=O)N3CCOCC3)N2[C@H]1c1ccc(C)cc1C. The Morgan fingerprint density at radius 3 is 2.66 bits per heavy atom. The third-order valence-electron chi connectivity index (χ3n) is 5.91. The number of amides is 1. The van der Waals surface area contributed by atoms with Crippen LogP contribution in [0.15, 0.2) is 45.6 Å². The van der Waals surface area contributed by atoms with Crippen LogP contribution in [-0.4, -0.2) is 59.8 Å². The molecule has 3 aliphatic heterocycles. The van der Waals surface area contributed by atoms with E-state index in [1.165, 1.54) is 11.8 Å². The minimum absolute atomic E-state index is 0.0599. The number of allylic oxidation sites excluding steroid dienone is 1. The van der Waals surface area contributed by atoms with Gasteiger partial charge in [0.15, 0.2) is 5.17 Å². The van der Waals surface area contributed by atoms with E-state index in [9.17, 15) is 9.59 Å². The molecule has 1 fully saturated rings. The number of esters is 1. The molecule has 0 N–H and O–H groups in total. The number of hydrogen-bond acceptors (Lipinski definition) is 7. The first kappa shape index (κ1) is 22.6. The van der Waals surface area contributed by atoms with Crippen molar-refractivity contribution < 1.29 is 19.1 Å². The molecule has 3 heterocycles. The summed E-state index contributed by atoms with van der Waals surface area (Å²) in [5.41, 5.74) is 5.28. The summed E-state index contributed by atoms with van der Waals surface area (Å²) in [6.07, 6.45) is 0.253. The summed E-state index contributed by atoms with van der Waals surface area (Å²) in [7, 11) is 0. The van der Waals surface area contributed by atoms with Gasteiger partial charge < -0.3 is 19.3 Å². The van der Waals surface area contributed by atoms with Crippen molar-refractivity contribution in [2.24, 2.45) is 4.99 Å². The van der Waals surface area contributed by atoms with E-state index in [0.29, 0.717) is 44.2 Å². The number of amidine groups is 1. The molecule has 1 saturated heterocycles. The van der Waals surface area contributed by atoms with Gasteiger partial charge in [-0.25, -0.2) is 9.79 Å². The first-order chi connectivity index (χ1) is 15.4. The number of hydrogen-bond donors (Lipinski definition) is 0. The van der Waals surface area contributed by atoms with Gasteiger partial charge in [-0.3, -0.25) is 4.79 Å². The van der Waals surface area contributed by atoms with Gasteiger partial charge in [0.1, 0.15) is 0 Å². The summed E-state index contributed by atoms with van der Waals surface area (Å²) in [5, 5.41) is 2.76. The summed E-state index contributed by atoms with van der Waals surface area (Å²) in [5.74, 6) is -0.307. The molecule has 0 radical (unpaired) electrons. The number of fused-ring (bicyclic) bond motifs is 1. The molecule has 1 aromatic carbocycles. The molecule has 7 nitrogen and oxygen atoms in total. The van der Waals surface area contributed by atoms with Crippen LogP contribution in [0.3, 0.4) is 0 Å². The molecule has 0 unspecified atom stereocenters. The second-order valence-corrected chi connectivity index (χ2v) is 8.98. The van der Waals surface area contributed by atoms with Crippen LogP contribution in [0.4, 0.5) is 0 Å². The fraction of sp³-hybridized carbons (Fsp3) is 0.458. The fourth-order valence-electron chi connectivity index (χ4n) is 4.35. The number of nitrogens with zero attached hydrogens (tertiary/aromatic N) is 3. The Morgan fingerprint density at radius 2 is 1.97 bits per heavy atom. The number of morpholine rings is 1. The van der Waals surface area contributed by atoms with E-state index in [4.69, 9.17) is 14.5 Å². The number of benzene rings is 1. The molecule has 1 aromatic rings. The van der Waals surface area contributed by atoms with Crippen molar-refractivity contribution in [1.82, 2.24) is 9.80 Å². The highest BCUT2D eigenvalue weighted by molar-refractivity contribution is 8.16. The standard InChI is InChI=1S/C24H29N3O4S/c1-5-31-23(29)21-17(4)25-24-27(22(21)19-7-6-15(2)12-16(19)3)18(14-32-24)13-20(28)26-8-10-30-11-9-26/h6-7,12,14,22H,5,8-11,13H2,1-4H3/t22-/m0/s1. The number of aryl methyl sites for hydroxylation is 2.